The fraction of sp³-hybridized carbons (Fsp3) is 0. The molecule has 6 heterocycles. The Labute approximate surface area is 692 Å². The average Bonchev–Trinajstić information content (AvgIpc) is 1.54. The standard InChI is InChI=1S/C60H39N3.C54H35N3/c1-4-17-40(18-5-1)43-19-16-24-47(37-43)62-53-28-13-10-25-48(53)52-38-44(35-36-56(52)62)41-31-33-42(34-32-41)51-39-57-59(50-27-12-14-29-54(50)61(57)45-20-6-2-7-21-45)60-58(51)49-26-11-15-30-55(49)63(60)46-22-8-3-9-23-46;1-4-16-39(17-5-1)55-47-25-13-10-22-42(47)43-33-32-38(34-50(43)55)36-28-30-37(31-29-36)46-35-51-53(45-24-12-14-26-48(45)56(51)40-18-6-2-7-19-40)54-52(46)44-23-11-15-27-49(44)57(54)41-20-8-3-9-21-41/h1-39H;1-35H. The summed E-state index contributed by atoms with van der Waals surface area (Å²) in [6, 6.07) is 164. The summed E-state index contributed by atoms with van der Waals surface area (Å²) >= 11 is 0. The van der Waals surface area contributed by atoms with Crippen molar-refractivity contribution in [1.82, 2.24) is 27.4 Å². The molecule has 0 bridgehead atoms. The van der Waals surface area contributed by atoms with Gasteiger partial charge in [0.15, 0.2) is 0 Å². The highest BCUT2D eigenvalue weighted by Gasteiger charge is 2.28. The number of fused-ring (bicyclic) bond motifs is 20. The number of rotatable bonds is 11. The number of hydrogen-bond donors (Lipinski definition) is 0. The van der Waals surface area contributed by atoms with Gasteiger partial charge in [-0.1, -0.05) is 309 Å². The second-order valence-corrected chi connectivity index (χ2v) is 31.4. The van der Waals surface area contributed by atoms with E-state index < -0.39 is 0 Å². The van der Waals surface area contributed by atoms with Crippen LogP contribution in [-0.4, -0.2) is 27.4 Å². The molecule has 0 spiro atoms. The Morgan fingerprint density at radius 1 is 0.117 bits per heavy atom. The van der Waals surface area contributed by atoms with E-state index in [-0.39, 0.29) is 0 Å². The lowest BCUT2D eigenvalue weighted by atomic mass is 9.94. The third kappa shape index (κ3) is 10.8. The molecule has 0 unspecified atom stereocenters. The van der Waals surface area contributed by atoms with Crippen molar-refractivity contribution in [2.45, 2.75) is 0 Å². The molecular weight excluding hydrogens is 1450 g/mol. The van der Waals surface area contributed by atoms with Crippen LogP contribution in [-0.2, 0) is 0 Å². The van der Waals surface area contributed by atoms with Gasteiger partial charge in [-0.05, 0) is 195 Å². The Kier molecular flexibility index (Phi) is 15.9. The summed E-state index contributed by atoms with van der Waals surface area (Å²) in [4.78, 5) is 0. The van der Waals surface area contributed by atoms with Crippen LogP contribution in [0, 0.1) is 0 Å². The van der Waals surface area contributed by atoms with Gasteiger partial charge in [0.1, 0.15) is 0 Å². The van der Waals surface area contributed by atoms with E-state index in [1.807, 2.05) is 0 Å². The lowest BCUT2D eigenvalue weighted by Crippen LogP contribution is -1.96. The maximum Gasteiger partial charge on any atom is 0.0647 e. The van der Waals surface area contributed by atoms with Crippen molar-refractivity contribution >= 4 is 131 Å². The fourth-order valence-corrected chi connectivity index (χ4v) is 19.6. The van der Waals surface area contributed by atoms with Crippen molar-refractivity contribution < 1.29 is 0 Å². The zero-order valence-corrected chi connectivity index (χ0v) is 65.4. The summed E-state index contributed by atoms with van der Waals surface area (Å²) in [6.45, 7) is 0. The molecule has 0 amide bonds. The first-order valence-corrected chi connectivity index (χ1v) is 41.3. The van der Waals surface area contributed by atoms with E-state index in [0.717, 1.165) is 34.1 Å². The van der Waals surface area contributed by atoms with E-state index in [9.17, 15) is 0 Å². The van der Waals surface area contributed by atoms with Crippen molar-refractivity contribution in [3.8, 4) is 89.8 Å². The number of aromatic nitrogens is 6. The maximum atomic E-state index is 2.48. The van der Waals surface area contributed by atoms with E-state index in [0.29, 0.717) is 0 Å². The van der Waals surface area contributed by atoms with E-state index in [2.05, 4.69) is 476 Å². The van der Waals surface area contributed by atoms with Gasteiger partial charge in [-0.25, -0.2) is 0 Å². The van der Waals surface area contributed by atoms with Crippen LogP contribution in [0.4, 0.5) is 0 Å². The molecule has 19 aromatic carbocycles. The monoisotopic (exact) mass is 1530 g/mol. The minimum Gasteiger partial charge on any atom is -0.309 e. The molecule has 0 N–H and O–H groups in total. The van der Waals surface area contributed by atoms with Crippen LogP contribution in [0.3, 0.4) is 0 Å². The van der Waals surface area contributed by atoms with Gasteiger partial charge in [-0.3, -0.25) is 0 Å². The zero-order chi connectivity index (χ0) is 78.9. The van der Waals surface area contributed by atoms with Gasteiger partial charge in [-0.15, -0.1) is 0 Å². The maximum absolute atomic E-state index is 2.48. The highest BCUT2D eigenvalue weighted by atomic mass is 15.0. The van der Waals surface area contributed by atoms with Crippen LogP contribution in [0.2, 0.25) is 0 Å². The third-order valence-corrected chi connectivity index (χ3v) is 24.8. The Morgan fingerprint density at radius 2 is 0.375 bits per heavy atom. The van der Waals surface area contributed by atoms with E-state index in [1.165, 1.54) is 186 Å². The Bertz CT molecular complexity index is 8330. The summed E-state index contributed by atoms with van der Waals surface area (Å²) in [7, 11) is 0. The minimum atomic E-state index is 1.15. The Balaban J connectivity index is 0.000000137. The molecule has 0 saturated carbocycles. The fourth-order valence-electron chi connectivity index (χ4n) is 19.6. The van der Waals surface area contributed by atoms with Crippen LogP contribution in [0.15, 0.2) is 449 Å². The molecule has 25 aromatic rings. The van der Waals surface area contributed by atoms with Crippen molar-refractivity contribution in [2.24, 2.45) is 0 Å². The second-order valence-electron chi connectivity index (χ2n) is 31.4. The van der Waals surface area contributed by atoms with Crippen LogP contribution in [0.25, 0.3) is 221 Å². The van der Waals surface area contributed by atoms with Crippen LogP contribution < -0.4 is 0 Å². The summed E-state index contributed by atoms with van der Waals surface area (Å²) in [6.07, 6.45) is 0. The molecular formula is C114H74N6. The van der Waals surface area contributed by atoms with Gasteiger partial charge >= 0.3 is 0 Å². The Hall–Kier alpha value is -16.0. The second kappa shape index (κ2) is 27.9. The van der Waals surface area contributed by atoms with Gasteiger partial charge in [0.05, 0.1) is 66.2 Å². The summed E-state index contributed by atoms with van der Waals surface area (Å²) in [5, 5.41) is 15.0. The molecule has 0 aliphatic carbocycles. The SMILES string of the molecule is c1ccc(-c2cccc(-n3c4ccccc4c4cc(-c5ccc(-c6cc7c(c8ccccc8n7-c7ccccc7)c7c6c6ccccc6n7-c6ccccc6)cc5)ccc43)c2)cc1.c1ccc(-n2c3ccccc3c3ccc(-c4ccc(-c5cc6c(c7ccccc7n6-c6ccccc6)c6c5c5ccccc5n6-c5ccccc5)cc4)cc32)cc1. The Morgan fingerprint density at radius 3 is 0.808 bits per heavy atom. The molecule has 0 aliphatic rings. The summed E-state index contributed by atoms with van der Waals surface area (Å²) in [5.74, 6) is 0. The molecule has 6 aromatic heterocycles. The normalized spacial score (nSPS) is 11.8. The number of benzene rings is 19. The van der Waals surface area contributed by atoms with Crippen molar-refractivity contribution in [1.29, 1.82) is 0 Å². The van der Waals surface area contributed by atoms with E-state index in [1.54, 1.807) is 0 Å². The molecule has 120 heavy (non-hydrogen) atoms. The quantitative estimate of drug-likeness (QED) is 0.124. The number of hydrogen-bond acceptors (Lipinski definition) is 0. The molecule has 0 aliphatic heterocycles. The molecule has 6 heteroatoms. The smallest absolute Gasteiger partial charge is 0.0647 e. The minimum absolute atomic E-state index is 1.15. The molecule has 560 valence electrons. The summed E-state index contributed by atoms with van der Waals surface area (Å²) in [5.41, 5.74) is 33.3. The molecule has 0 radical (unpaired) electrons. The predicted molar refractivity (Wildman–Crippen MR) is 506 cm³/mol. The topological polar surface area (TPSA) is 29.6 Å². The van der Waals surface area contributed by atoms with Crippen LogP contribution in [0.1, 0.15) is 0 Å². The number of para-hydroxylation sites is 11. The number of nitrogens with zero attached hydrogens (tertiary/aromatic N) is 6. The first-order chi connectivity index (χ1) is 59.6. The molecule has 0 atom stereocenters. The first kappa shape index (κ1) is 68.4. The highest BCUT2D eigenvalue weighted by molar-refractivity contribution is 6.32. The molecule has 0 fully saturated rings. The highest BCUT2D eigenvalue weighted by Crippen LogP contribution is 2.50. The largest absolute Gasteiger partial charge is 0.309 e. The zero-order valence-electron chi connectivity index (χ0n) is 65.4. The van der Waals surface area contributed by atoms with Crippen molar-refractivity contribution in [3.63, 3.8) is 0 Å². The summed E-state index contributed by atoms with van der Waals surface area (Å²) < 4.78 is 14.6. The third-order valence-electron chi connectivity index (χ3n) is 24.8. The lowest BCUT2D eigenvalue weighted by Gasteiger charge is -2.13. The van der Waals surface area contributed by atoms with Crippen LogP contribution >= 0.6 is 0 Å². The molecule has 0 saturated heterocycles. The lowest BCUT2D eigenvalue weighted by molar-refractivity contribution is 1.17. The van der Waals surface area contributed by atoms with Gasteiger partial charge in [0, 0.05) is 98.8 Å². The van der Waals surface area contributed by atoms with Gasteiger partial charge in [-0.2, -0.15) is 0 Å². The van der Waals surface area contributed by atoms with Gasteiger partial charge < -0.3 is 27.4 Å². The molecule has 6 nitrogen and oxygen atoms in total. The van der Waals surface area contributed by atoms with Crippen molar-refractivity contribution in [3.05, 3.63) is 449 Å². The predicted octanol–water partition coefficient (Wildman–Crippen LogP) is 30.3. The molecule has 25 rings (SSSR count). The van der Waals surface area contributed by atoms with Crippen LogP contribution in [0.5, 0.6) is 0 Å². The van der Waals surface area contributed by atoms with Crippen molar-refractivity contribution in [2.75, 3.05) is 0 Å². The first-order valence-electron chi connectivity index (χ1n) is 41.3. The average molecular weight is 1530 g/mol. The van der Waals surface area contributed by atoms with Gasteiger partial charge in [0.25, 0.3) is 0 Å². The van der Waals surface area contributed by atoms with E-state index >= 15 is 0 Å². The van der Waals surface area contributed by atoms with Gasteiger partial charge in [0.2, 0.25) is 0 Å². The van der Waals surface area contributed by atoms with E-state index in [4.69, 9.17) is 0 Å².